The van der Waals surface area contributed by atoms with Gasteiger partial charge in [-0.25, -0.2) is 0 Å². The first-order valence-electron chi connectivity index (χ1n) is 10.1. The largest absolute Gasteiger partial charge is 0.374 e. The Morgan fingerprint density at radius 1 is 0.786 bits per heavy atom. The Labute approximate surface area is 167 Å². The third kappa shape index (κ3) is 5.09. The second-order valence-corrected chi connectivity index (χ2v) is 7.42. The van der Waals surface area contributed by atoms with E-state index in [1.807, 2.05) is 36.4 Å². The van der Waals surface area contributed by atoms with Crippen LogP contribution in [0.1, 0.15) is 30.4 Å². The lowest BCUT2D eigenvalue weighted by molar-refractivity contribution is -0.153. The standard InChI is InChI=1S/C24H28O4/c1-4-10-20(11-5-1)16-25-18-22-23(19-26-17-21-12-6-2-7-13-21)28-24(27-22)14-8-3-9-15-24/h1-2,4-8,10-14,22-23H,3,9,15-19H2/t22-,23-/m0/s1. The molecule has 2 aliphatic rings. The molecule has 2 atom stereocenters. The van der Waals surface area contributed by atoms with Crippen LogP contribution in [0.15, 0.2) is 72.8 Å². The highest BCUT2D eigenvalue weighted by molar-refractivity contribution is 5.14. The molecule has 0 N–H and O–H groups in total. The average molecular weight is 380 g/mol. The molecule has 0 aromatic heterocycles. The summed E-state index contributed by atoms with van der Waals surface area (Å²) < 4.78 is 24.6. The van der Waals surface area contributed by atoms with Gasteiger partial charge in [0, 0.05) is 6.42 Å². The smallest absolute Gasteiger partial charge is 0.188 e. The van der Waals surface area contributed by atoms with Crippen molar-refractivity contribution in [3.63, 3.8) is 0 Å². The average Bonchev–Trinajstić information content (AvgIpc) is 3.07. The fourth-order valence-electron chi connectivity index (χ4n) is 3.72. The van der Waals surface area contributed by atoms with Gasteiger partial charge in [0.2, 0.25) is 0 Å². The van der Waals surface area contributed by atoms with E-state index >= 15 is 0 Å². The molecule has 1 spiro atoms. The molecule has 1 aliphatic carbocycles. The Bertz CT molecular complexity index is 690. The van der Waals surface area contributed by atoms with E-state index < -0.39 is 5.79 Å². The molecule has 0 amide bonds. The van der Waals surface area contributed by atoms with Crippen LogP contribution in [0.25, 0.3) is 0 Å². The van der Waals surface area contributed by atoms with Crippen molar-refractivity contribution < 1.29 is 18.9 Å². The van der Waals surface area contributed by atoms with Gasteiger partial charge in [-0.05, 0) is 30.0 Å². The normalized spacial score (nSPS) is 23.3. The molecule has 1 fully saturated rings. The number of hydrogen-bond donors (Lipinski definition) is 0. The van der Waals surface area contributed by atoms with Gasteiger partial charge in [0.15, 0.2) is 5.79 Å². The van der Waals surface area contributed by atoms with Crippen molar-refractivity contribution in [3.05, 3.63) is 83.9 Å². The molecule has 1 heterocycles. The molecule has 28 heavy (non-hydrogen) atoms. The zero-order chi connectivity index (χ0) is 19.1. The second-order valence-electron chi connectivity index (χ2n) is 7.42. The van der Waals surface area contributed by atoms with Crippen LogP contribution in [0.2, 0.25) is 0 Å². The van der Waals surface area contributed by atoms with Gasteiger partial charge in [0.25, 0.3) is 0 Å². The SMILES string of the molecule is C1=CC2(CCC1)O[C@@H](COCc1ccccc1)[C@H](COCc1ccccc1)O2. The molecule has 0 radical (unpaired) electrons. The zero-order valence-corrected chi connectivity index (χ0v) is 16.2. The molecule has 0 saturated carbocycles. The van der Waals surface area contributed by atoms with E-state index in [9.17, 15) is 0 Å². The van der Waals surface area contributed by atoms with E-state index in [2.05, 4.69) is 36.4 Å². The van der Waals surface area contributed by atoms with Crippen LogP contribution in [0.4, 0.5) is 0 Å². The first-order chi connectivity index (χ1) is 13.8. The summed E-state index contributed by atoms with van der Waals surface area (Å²) in [7, 11) is 0. The lowest BCUT2D eigenvalue weighted by Crippen LogP contribution is -2.31. The lowest BCUT2D eigenvalue weighted by Gasteiger charge is -2.27. The quantitative estimate of drug-likeness (QED) is 0.625. The fourth-order valence-corrected chi connectivity index (χ4v) is 3.72. The molecule has 1 saturated heterocycles. The maximum Gasteiger partial charge on any atom is 0.188 e. The molecule has 148 valence electrons. The molecule has 4 heteroatoms. The summed E-state index contributed by atoms with van der Waals surface area (Å²) in [5, 5.41) is 0. The first kappa shape index (κ1) is 19.3. The maximum absolute atomic E-state index is 6.33. The highest BCUT2D eigenvalue weighted by Gasteiger charge is 2.46. The van der Waals surface area contributed by atoms with E-state index in [4.69, 9.17) is 18.9 Å². The van der Waals surface area contributed by atoms with Crippen LogP contribution in [0, 0.1) is 0 Å². The molecule has 0 unspecified atom stereocenters. The van der Waals surface area contributed by atoms with Gasteiger partial charge in [0.1, 0.15) is 12.2 Å². The molecule has 2 aromatic carbocycles. The van der Waals surface area contributed by atoms with Crippen LogP contribution < -0.4 is 0 Å². The summed E-state index contributed by atoms with van der Waals surface area (Å²) in [6.45, 7) is 2.12. The van der Waals surface area contributed by atoms with Gasteiger partial charge in [0.05, 0.1) is 26.4 Å². The Kier molecular flexibility index (Phi) is 6.55. The van der Waals surface area contributed by atoms with E-state index in [0.717, 1.165) is 30.4 Å². The Balaban J connectivity index is 1.33. The van der Waals surface area contributed by atoms with Crippen LogP contribution >= 0.6 is 0 Å². The monoisotopic (exact) mass is 380 g/mol. The Morgan fingerprint density at radius 2 is 1.32 bits per heavy atom. The van der Waals surface area contributed by atoms with Crippen LogP contribution in [-0.4, -0.2) is 31.2 Å². The van der Waals surface area contributed by atoms with Crippen molar-refractivity contribution in [1.82, 2.24) is 0 Å². The minimum Gasteiger partial charge on any atom is -0.374 e. The summed E-state index contributed by atoms with van der Waals surface area (Å²) in [4.78, 5) is 0. The Hall–Kier alpha value is -1.98. The molecule has 0 bridgehead atoms. The minimum atomic E-state index is -0.611. The van der Waals surface area contributed by atoms with Crippen molar-refractivity contribution in [1.29, 1.82) is 0 Å². The van der Waals surface area contributed by atoms with Crippen LogP contribution in [-0.2, 0) is 32.2 Å². The van der Waals surface area contributed by atoms with E-state index in [-0.39, 0.29) is 12.2 Å². The zero-order valence-electron chi connectivity index (χ0n) is 16.2. The molecule has 4 nitrogen and oxygen atoms in total. The number of rotatable bonds is 8. The van der Waals surface area contributed by atoms with E-state index in [0.29, 0.717) is 26.4 Å². The summed E-state index contributed by atoms with van der Waals surface area (Å²) in [5.41, 5.74) is 2.32. The molecule has 2 aromatic rings. The summed E-state index contributed by atoms with van der Waals surface area (Å²) in [5.74, 6) is -0.611. The van der Waals surface area contributed by atoms with Crippen LogP contribution in [0.3, 0.4) is 0 Å². The van der Waals surface area contributed by atoms with Crippen molar-refractivity contribution in [3.8, 4) is 0 Å². The summed E-state index contributed by atoms with van der Waals surface area (Å²) >= 11 is 0. The van der Waals surface area contributed by atoms with Crippen molar-refractivity contribution in [2.75, 3.05) is 13.2 Å². The van der Waals surface area contributed by atoms with Gasteiger partial charge >= 0.3 is 0 Å². The fraction of sp³-hybridized carbons (Fsp3) is 0.417. The van der Waals surface area contributed by atoms with E-state index in [1.165, 1.54) is 0 Å². The molecule has 4 rings (SSSR count). The number of benzene rings is 2. The maximum atomic E-state index is 6.33. The lowest BCUT2D eigenvalue weighted by atomic mass is 10.0. The van der Waals surface area contributed by atoms with E-state index in [1.54, 1.807) is 0 Å². The third-order valence-corrected chi connectivity index (χ3v) is 5.17. The second kappa shape index (κ2) is 9.48. The van der Waals surface area contributed by atoms with Gasteiger partial charge < -0.3 is 18.9 Å². The van der Waals surface area contributed by atoms with Crippen molar-refractivity contribution in [2.45, 2.75) is 50.5 Å². The Morgan fingerprint density at radius 3 is 1.79 bits per heavy atom. The van der Waals surface area contributed by atoms with Crippen molar-refractivity contribution >= 4 is 0 Å². The highest BCUT2D eigenvalue weighted by atomic mass is 16.8. The van der Waals surface area contributed by atoms with Gasteiger partial charge in [-0.15, -0.1) is 0 Å². The predicted octanol–water partition coefficient (Wildman–Crippen LogP) is 4.64. The number of ether oxygens (including phenoxy) is 4. The highest BCUT2D eigenvalue weighted by Crippen LogP contribution is 2.37. The predicted molar refractivity (Wildman–Crippen MR) is 108 cm³/mol. The van der Waals surface area contributed by atoms with Crippen molar-refractivity contribution in [2.24, 2.45) is 0 Å². The number of allylic oxidation sites excluding steroid dienone is 1. The van der Waals surface area contributed by atoms with Gasteiger partial charge in [-0.3, -0.25) is 0 Å². The molecular weight excluding hydrogens is 352 g/mol. The van der Waals surface area contributed by atoms with Gasteiger partial charge in [-0.2, -0.15) is 0 Å². The third-order valence-electron chi connectivity index (χ3n) is 5.17. The van der Waals surface area contributed by atoms with Gasteiger partial charge in [-0.1, -0.05) is 66.7 Å². The topological polar surface area (TPSA) is 36.9 Å². The molecular formula is C24H28O4. The van der Waals surface area contributed by atoms with Crippen LogP contribution in [0.5, 0.6) is 0 Å². The summed E-state index contributed by atoms with van der Waals surface area (Å²) in [6.07, 6.45) is 6.99. The summed E-state index contributed by atoms with van der Waals surface area (Å²) in [6, 6.07) is 20.4. The molecule has 1 aliphatic heterocycles. The first-order valence-corrected chi connectivity index (χ1v) is 10.1. The number of hydrogen-bond acceptors (Lipinski definition) is 4. The minimum absolute atomic E-state index is 0.137.